The van der Waals surface area contributed by atoms with Crippen LogP contribution in [0.3, 0.4) is 0 Å². The van der Waals surface area contributed by atoms with Crippen LogP contribution in [-0.4, -0.2) is 58.4 Å². The monoisotopic (exact) mass is 563 g/mol. The second-order valence-electron chi connectivity index (χ2n) is 7.26. The molecule has 0 radical (unpaired) electrons. The van der Waals surface area contributed by atoms with Gasteiger partial charge in [-0.05, 0) is 59.4 Å². The second kappa shape index (κ2) is 7.67. The van der Waals surface area contributed by atoms with Crippen LogP contribution in [-0.2, 0) is 14.6 Å². The van der Waals surface area contributed by atoms with Gasteiger partial charge in [0.2, 0.25) is 0 Å². The fourth-order valence-corrected chi connectivity index (χ4v) is 8.06. The van der Waals surface area contributed by atoms with E-state index in [4.69, 9.17) is 9.72 Å². The number of nitrogens with zero attached hydrogens (tertiary/aromatic N) is 5. The van der Waals surface area contributed by atoms with Gasteiger partial charge in [-0.2, -0.15) is 9.47 Å². The molecule has 3 aromatic rings. The third-order valence-corrected chi connectivity index (χ3v) is 10.4. The van der Waals surface area contributed by atoms with E-state index >= 15 is 0 Å². The summed E-state index contributed by atoms with van der Waals surface area (Å²) in [5.41, 5.74) is 2.20. The summed E-state index contributed by atoms with van der Waals surface area (Å²) in [5.74, 6) is 0.678. The molecule has 29 heavy (non-hydrogen) atoms. The molecule has 3 aromatic heterocycles. The number of anilines is 1. The van der Waals surface area contributed by atoms with Gasteiger partial charge >= 0.3 is 0 Å². The van der Waals surface area contributed by atoms with Gasteiger partial charge in [0.05, 0.1) is 46.2 Å². The Morgan fingerprint density at radius 2 is 2.21 bits per heavy atom. The molecule has 1 aliphatic heterocycles. The third-order valence-electron chi connectivity index (χ3n) is 5.27. The van der Waals surface area contributed by atoms with E-state index in [1.165, 1.54) is 11.5 Å². The topological polar surface area (TPSA) is 90.2 Å². The molecule has 4 heterocycles. The Morgan fingerprint density at radius 1 is 1.38 bits per heavy atom. The molecule has 1 unspecified atom stereocenters. The van der Waals surface area contributed by atoms with E-state index in [0.717, 1.165) is 18.5 Å². The summed E-state index contributed by atoms with van der Waals surface area (Å²) >= 11 is 3.48. The van der Waals surface area contributed by atoms with Crippen LogP contribution >= 0.6 is 39.9 Å². The Morgan fingerprint density at radius 3 is 2.93 bits per heavy atom. The number of fused-ring (bicyclic) bond motifs is 1. The van der Waals surface area contributed by atoms with Gasteiger partial charge in [-0.25, -0.2) is 17.9 Å². The van der Waals surface area contributed by atoms with Crippen LogP contribution in [0.2, 0.25) is 0 Å². The molecule has 1 saturated heterocycles. The number of rotatable bonds is 5. The van der Waals surface area contributed by atoms with Gasteiger partial charge in [-0.1, -0.05) is 0 Å². The summed E-state index contributed by atoms with van der Waals surface area (Å²) < 4.78 is 39.2. The standard InChI is InChI=1S/C17H19IN5O3PS2/c1-10-9-26-7-6-22(10)14-8-13(29(24,25)11-2-3-11)17-16(20-14)15(21-28-17)12-4-5-19-23(12)27-18/h4-5,8,10-11,27H,2-3,6-7,9H2,1H3/t10-/m1/s1. The Hall–Kier alpha value is -0.880. The number of ether oxygens (including phenoxy) is 1. The predicted molar refractivity (Wildman–Crippen MR) is 124 cm³/mol. The number of halogens is 1. The summed E-state index contributed by atoms with van der Waals surface area (Å²) in [5, 5.41) is 4.06. The van der Waals surface area contributed by atoms with Crippen LogP contribution in [0, 0.1) is 0 Å². The maximum atomic E-state index is 13.2. The Kier molecular flexibility index (Phi) is 5.30. The SMILES string of the molecule is C[C@@H]1COCCN1c1cc(S(=O)(=O)C2CC2)c2snc(-c3ccnn3PI)c2n1. The van der Waals surface area contributed by atoms with Crippen LogP contribution < -0.4 is 4.90 Å². The molecule has 1 saturated carbocycles. The number of morpholine rings is 1. The van der Waals surface area contributed by atoms with Crippen molar-refractivity contribution in [2.45, 2.75) is 36.0 Å². The van der Waals surface area contributed by atoms with Crippen molar-refractivity contribution in [2.75, 3.05) is 24.7 Å². The van der Waals surface area contributed by atoms with E-state index in [2.05, 4.69) is 43.3 Å². The Bertz CT molecular complexity index is 1180. The van der Waals surface area contributed by atoms with Gasteiger partial charge in [0.1, 0.15) is 17.0 Å². The van der Waals surface area contributed by atoms with Crippen LogP contribution in [0.15, 0.2) is 23.2 Å². The normalized spacial score (nSPS) is 20.9. The summed E-state index contributed by atoms with van der Waals surface area (Å²) in [7, 11) is -3.39. The quantitative estimate of drug-likeness (QED) is 0.347. The van der Waals surface area contributed by atoms with Gasteiger partial charge in [-0.3, -0.25) is 0 Å². The molecule has 0 spiro atoms. The van der Waals surface area contributed by atoms with Crippen molar-refractivity contribution in [3.8, 4) is 11.4 Å². The minimum absolute atomic E-state index is 0.126. The number of hydrogen-bond acceptors (Lipinski definition) is 8. The summed E-state index contributed by atoms with van der Waals surface area (Å²) in [4.78, 5) is 7.41. The summed E-state index contributed by atoms with van der Waals surface area (Å²) in [6, 6.07) is 3.78. The molecular formula is C17H19IN5O3PS2. The third kappa shape index (κ3) is 3.48. The van der Waals surface area contributed by atoms with Crippen molar-refractivity contribution in [3.05, 3.63) is 18.3 Å². The van der Waals surface area contributed by atoms with Crippen molar-refractivity contribution < 1.29 is 13.2 Å². The lowest BCUT2D eigenvalue weighted by atomic mass is 10.2. The first kappa shape index (κ1) is 20.0. The first-order valence-corrected chi connectivity index (χ1v) is 15.7. The first-order valence-electron chi connectivity index (χ1n) is 9.30. The van der Waals surface area contributed by atoms with E-state index < -0.39 is 9.84 Å². The Balaban J connectivity index is 1.75. The van der Waals surface area contributed by atoms with Crippen molar-refractivity contribution in [2.24, 2.45) is 0 Å². The highest BCUT2D eigenvalue weighted by Gasteiger charge is 2.39. The van der Waals surface area contributed by atoms with Crippen LogP contribution in [0.4, 0.5) is 5.82 Å². The maximum absolute atomic E-state index is 13.2. The zero-order chi connectivity index (χ0) is 20.2. The number of sulfone groups is 1. The predicted octanol–water partition coefficient (Wildman–Crippen LogP) is 3.51. The average molecular weight is 563 g/mol. The molecule has 1 aliphatic carbocycles. The molecular weight excluding hydrogens is 544 g/mol. The van der Waals surface area contributed by atoms with Crippen molar-refractivity contribution in [1.29, 1.82) is 0 Å². The molecule has 2 aliphatic rings. The second-order valence-corrected chi connectivity index (χ2v) is 12.3. The molecule has 8 nitrogen and oxygen atoms in total. The molecule has 2 fully saturated rings. The molecule has 0 bridgehead atoms. The van der Waals surface area contributed by atoms with E-state index in [1.54, 1.807) is 12.3 Å². The van der Waals surface area contributed by atoms with Gasteiger partial charge in [-0.15, -0.1) is 0 Å². The molecule has 0 amide bonds. The molecule has 2 atom stereocenters. The van der Waals surface area contributed by atoms with Crippen LogP contribution in [0.25, 0.3) is 21.6 Å². The highest BCUT2D eigenvalue weighted by atomic mass is 127. The van der Waals surface area contributed by atoms with E-state index in [-0.39, 0.29) is 11.3 Å². The van der Waals surface area contributed by atoms with E-state index in [9.17, 15) is 8.42 Å². The van der Waals surface area contributed by atoms with Crippen molar-refractivity contribution >= 4 is 65.8 Å². The molecule has 5 rings (SSSR count). The summed E-state index contributed by atoms with van der Waals surface area (Å²) in [6.45, 7) is 3.95. The lowest BCUT2D eigenvalue weighted by molar-refractivity contribution is 0.0985. The molecule has 0 aromatic carbocycles. The number of pyridine rings is 1. The average Bonchev–Trinajstić information content (AvgIpc) is 3.35. The zero-order valence-electron chi connectivity index (χ0n) is 15.6. The van der Waals surface area contributed by atoms with E-state index in [0.29, 0.717) is 52.8 Å². The minimum atomic E-state index is -3.39. The number of hydrogen-bond donors (Lipinski definition) is 0. The first-order chi connectivity index (χ1) is 14.0. The molecule has 12 heteroatoms. The highest BCUT2D eigenvalue weighted by Crippen LogP contribution is 2.42. The lowest BCUT2D eigenvalue weighted by Gasteiger charge is -2.34. The smallest absolute Gasteiger partial charge is 0.182 e. The largest absolute Gasteiger partial charge is 0.377 e. The van der Waals surface area contributed by atoms with Gasteiger partial charge in [0.25, 0.3) is 0 Å². The zero-order valence-corrected chi connectivity index (χ0v) is 20.4. The van der Waals surface area contributed by atoms with Gasteiger partial charge < -0.3 is 9.64 Å². The van der Waals surface area contributed by atoms with Crippen molar-refractivity contribution in [3.63, 3.8) is 0 Å². The van der Waals surface area contributed by atoms with Crippen molar-refractivity contribution in [1.82, 2.24) is 18.9 Å². The van der Waals surface area contributed by atoms with Crippen LogP contribution in [0.1, 0.15) is 19.8 Å². The minimum Gasteiger partial charge on any atom is -0.377 e. The highest BCUT2D eigenvalue weighted by molar-refractivity contribution is 14.2. The van der Waals surface area contributed by atoms with Gasteiger partial charge in [0, 0.05) is 18.8 Å². The van der Waals surface area contributed by atoms with Crippen LogP contribution in [0.5, 0.6) is 0 Å². The molecule has 0 N–H and O–H groups in total. The fraction of sp³-hybridized carbons (Fsp3) is 0.471. The maximum Gasteiger partial charge on any atom is 0.182 e. The summed E-state index contributed by atoms with van der Waals surface area (Å²) in [6.07, 6.45) is 3.61. The molecule has 154 valence electrons. The fourth-order valence-electron chi connectivity index (χ4n) is 3.58. The van der Waals surface area contributed by atoms with Gasteiger partial charge in [0.15, 0.2) is 9.84 Å². The number of aromatic nitrogens is 4. The lowest BCUT2D eigenvalue weighted by Crippen LogP contribution is -2.44. The van der Waals surface area contributed by atoms with E-state index in [1.807, 2.05) is 10.5 Å². The Labute approximate surface area is 187 Å².